The molecule has 1 aromatic rings. The third-order valence-electron chi connectivity index (χ3n) is 3.59. The highest BCUT2D eigenvalue weighted by atomic mass is 35.5. The van der Waals surface area contributed by atoms with Crippen LogP contribution in [-0.4, -0.2) is 42.5 Å². The van der Waals surface area contributed by atoms with Gasteiger partial charge in [0.05, 0.1) is 0 Å². The van der Waals surface area contributed by atoms with Crippen molar-refractivity contribution in [2.75, 3.05) is 32.1 Å². The van der Waals surface area contributed by atoms with Crippen LogP contribution in [0.15, 0.2) is 12.1 Å². The zero-order valence-electron chi connectivity index (χ0n) is 11.5. The summed E-state index contributed by atoms with van der Waals surface area (Å²) in [5.74, 6) is 6.05. The lowest BCUT2D eigenvalue weighted by molar-refractivity contribution is 0.0939. The second-order valence-corrected chi connectivity index (χ2v) is 5.55. The Bertz CT molecular complexity index is 474. The Labute approximate surface area is 123 Å². The van der Waals surface area contributed by atoms with Crippen LogP contribution in [0.3, 0.4) is 0 Å². The first kappa shape index (κ1) is 15.0. The Kier molecular flexibility index (Phi) is 5.17. The van der Waals surface area contributed by atoms with Crippen molar-refractivity contribution in [3.8, 4) is 0 Å². The number of nitrogen functional groups attached to an aromatic ring is 1. The van der Waals surface area contributed by atoms with Crippen molar-refractivity contribution in [2.45, 2.75) is 12.8 Å². The number of nitrogens with zero attached hydrogens (tertiary/aromatic N) is 2. The maximum Gasteiger partial charge on any atom is 0.251 e. The fourth-order valence-corrected chi connectivity index (χ4v) is 2.52. The van der Waals surface area contributed by atoms with Crippen LogP contribution < -0.4 is 16.6 Å². The predicted molar refractivity (Wildman–Crippen MR) is 79.6 cm³/mol. The van der Waals surface area contributed by atoms with Gasteiger partial charge in [-0.05, 0) is 51.0 Å². The standard InChI is InChI=1S/C13H20ClN5O/c1-19-4-2-9(3-5-19)8-16-13(20)10-6-11(14)17-12(7-10)18-15/h6-7,9H,2-5,8,15H2,1H3,(H,16,20)(H,17,18). The van der Waals surface area contributed by atoms with E-state index >= 15 is 0 Å². The summed E-state index contributed by atoms with van der Waals surface area (Å²) in [7, 11) is 2.12. The largest absolute Gasteiger partial charge is 0.352 e. The van der Waals surface area contributed by atoms with Gasteiger partial charge < -0.3 is 15.6 Å². The van der Waals surface area contributed by atoms with Crippen LogP contribution in [-0.2, 0) is 0 Å². The summed E-state index contributed by atoms with van der Waals surface area (Å²) in [5.41, 5.74) is 2.86. The van der Waals surface area contributed by atoms with Crippen LogP contribution in [0.4, 0.5) is 5.82 Å². The number of likely N-dealkylation sites (tertiary alicyclic amines) is 1. The van der Waals surface area contributed by atoms with E-state index in [2.05, 4.69) is 27.7 Å². The van der Waals surface area contributed by atoms with Crippen LogP contribution in [0.5, 0.6) is 0 Å². The SMILES string of the molecule is CN1CCC(CNC(=O)c2cc(Cl)nc(NN)c2)CC1. The molecule has 0 radical (unpaired) electrons. The average Bonchev–Trinajstić information content (AvgIpc) is 2.45. The van der Waals surface area contributed by atoms with E-state index < -0.39 is 0 Å². The number of aromatic nitrogens is 1. The molecule has 0 saturated carbocycles. The molecule has 0 aromatic carbocycles. The highest BCUT2D eigenvalue weighted by molar-refractivity contribution is 6.29. The molecule has 1 saturated heterocycles. The lowest BCUT2D eigenvalue weighted by Gasteiger charge is -2.28. The number of nitrogens with one attached hydrogen (secondary N) is 2. The summed E-state index contributed by atoms with van der Waals surface area (Å²) in [6.07, 6.45) is 2.23. The normalized spacial score (nSPS) is 16.9. The minimum Gasteiger partial charge on any atom is -0.352 e. The molecular weight excluding hydrogens is 278 g/mol. The second-order valence-electron chi connectivity index (χ2n) is 5.16. The summed E-state index contributed by atoms with van der Waals surface area (Å²) in [5, 5.41) is 3.19. The molecule has 2 heterocycles. The Balaban J connectivity index is 1.90. The van der Waals surface area contributed by atoms with Crippen molar-refractivity contribution in [1.29, 1.82) is 0 Å². The van der Waals surface area contributed by atoms with Crippen molar-refractivity contribution >= 4 is 23.3 Å². The average molecular weight is 298 g/mol. The van der Waals surface area contributed by atoms with E-state index in [1.807, 2.05) is 0 Å². The molecule has 1 fully saturated rings. The maximum atomic E-state index is 12.1. The van der Waals surface area contributed by atoms with Crippen molar-refractivity contribution in [3.05, 3.63) is 22.8 Å². The molecule has 0 spiro atoms. The lowest BCUT2D eigenvalue weighted by Crippen LogP contribution is -2.36. The number of carbonyl (C=O) groups is 1. The minimum absolute atomic E-state index is 0.148. The molecule has 2 rings (SSSR count). The van der Waals surface area contributed by atoms with Gasteiger partial charge in [-0.15, -0.1) is 0 Å². The predicted octanol–water partition coefficient (Wildman–Crippen LogP) is 1.09. The molecule has 0 unspecified atom stereocenters. The highest BCUT2D eigenvalue weighted by Gasteiger charge is 2.18. The van der Waals surface area contributed by atoms with Crippen LogP contribution in [0.2, 0.25) is 5.15 Å². The van der Waals surface area contributed by atoms with Gasteiger partial charge in [0, 0.05) is 12.1 Å². The van der Waals surface area contributed by atoms with E-state index in [1.54, 1.807) is 6.07 Å². The summed E-state index contributed by atoms with van der Waals surface area (Å²) in [6.45, 7) is 2.86. The summed E-state index contributed by atoms with van der Waals surface area (Å²) < 4.78 is 0. The van der Waals surface area contributed by atoms with E-state index in [0.717, 1.165) is 25.9 Å². The van der Waals surface area contributed by atoms with Gasteiger partial charge >= 0.3 is 0 Å². The first-order valence-electron chi connectivity index (χ1n) is 6.69. The Morgan fingerprint density at radius 3 is 2.85 bits per heavy atom. The maximum absolute atomic E-state index is 12.1. The number of halogens is 1. The molecule has 1 aliphatic heterocycles. The third kappa shape index (κ3) is 4.06. The number of pyridine rings is 1. The number of hydrogen-bond acceptors (Lipinski definition) is 5. The first-order valence-corrected chi connectivity index (χ1v) is 7.07. The number of rotatable bonds is 4. The molecule has 0 bridgehead atoms. The number of carbonyl (C=O) groups excluding carboxylic acids is 1. The van der Waals surface area contributed by atoms with Crippen LogP contribution >= 0.6 is 11.6 Å². The second kappa shape index (κ2) is 6.88. The molecule has 1 aliphatic rings. The van der Waals surface area contributed by atoms with Gasteiger partial charge in [0.25, 0.3) is 5.91 Å². The number of hydrazine groups is 1. The Morgan fingerprint density at radius 2 is 2.20 bits per heavy atom. The van der Waals surface area contributed by atoms with E-state index in [9.17, 15) is 4.79 Å². The third-order valence-corrected chi connectivity index (χ3v) is 3.79. The fraction of sp³-hybridized carbons (Fsp3) is 0.538. The topological polar surface area (TPSA) is 83.3 Å². The van der Waals surface area contributed by atoms with Gasteiger partial charge in [-0.3, -0.25) is 4.79 Å². The zero-order valence-corrected chi connectivity index (χ0v) is 12.3. The number of amides is 1. The van der Waals surface area contributed by atoms with E-state index in [4.69, 9.17) is 17.4 Å². The van der Waals surface area contributed by atoms with Gasteiger partial charge in [-0.1, -0.05) is 11.6 Å². The highest BCUT2D eigenvalue weighted by Crippen LogP contribution is 2.16. The minimum atomic E-state index is -0.148. The number of hydrogen-bond donors (Lipinski definition) is 3. The van der Waals surface area contributed by atoms with Gasteiger partial charge in [0.2, 0.25) is 0 Å². The summed E-state index contributed by atoms with van der Waals surface area (Å²) in [6, 6.07) is 3.11. The zero-order chi connectivity index (χ0) is 14.5. The Hall–Kier alpha value is -1.37. The fourth-order valence-electron chi connectivity index (χ4n) is 2.31. The number of piperidine rings is 1. The molecule has 20 heavy (non-hydrogen) atoms. The summed E-state index contributed by atoms with van der Waals surface area (Å²) in [4.78, 5) is 18.3. The van der Waals surface area contributed by atoms with Crippen molar-refractivity contribution in [3.63, 3.8) is 0 Å². The van der Waals surface area contributed by atoms with Crippen molar-refractivity contribution in [2.24, 2.45) is 11.8 Å². The smallest absolute Gasteiger partial charge is 0.251 e. The van der Waals surface area contributed by atoms with Gasteiger partial charge in [0.15, 0.2) is 0 Å². The molecule has 1 aromatic heterocycles. The van der Waals surface area contributed by atoms with Crippen LogP contribution in [0.25, 0.3) is 0 Å². The Morgan fingerprint density at radius 1 is 1.50 bits per heavy atom. The lowest BCUT2D eigenvalue weighted by atomic mass is 9.97. The van der Waals surface area contributed by atoms with E-state index in [0.29, 0.717) is 23.8 Å². The van der Waals surface area contributed by atoms with Crippen LogP contribution in [0.1, 0.15) is 23.2 Å². The number of anilines is 1. The molecule has 0 aliphatic carbocycles. The van der Waals surface area contributed by atoms with E-state index in [-0.39, 0.29) is 11.1 Å². The molecule has 7 heteroatoms. The molecular formula is C13H20ClN5O. The van der Waals surface area contributed by atoms with Gasteiger partial charge in [-0.2, -0.15) is 0 Å². The van der Waals surface area contributed by atoms with Crippen molar-refractivity contribution in [1.82, 2.24) is 15.2 Å². The summed E-state index contributed by atoms with van der Waals surface area (Å²) >= 11 is 5.85. The quantitative estimate of drug-likeness (QED) is 0.440. The first-order chi connectivity index (χ1) is 9.58. The van der Waals surface area contributed by atoms with Gasteiger partial charge in [0.1, 0.15) is 11.0 Å². The van der Waals surface area contributed by atoms with E-state index in [1.165, 1.54) is 6.07 Å². The monoisotopic (exact) mass is 297 g/mol. The number of nitrogens with two attached hydrogens (primary N) is 1. The van der Waals surface area contributed by atoms with Gasteiger partial charge in [-0.25, -0.2) is 10.8 Å². The molecule has 6 nitrogen and oxygen atoms in total. The molecule has 4 N–H and O–H groups in total. The molecule has 1 amide bonds. The molecule has 110 valence electrons. The van der Waals surface area contributed by atoms with Crippen molar-refractivity contribution < 1.29 is 4.79 Å². The molecule has 0 atom stereocenters. The van der Waals surface area contributed by atoms with Crippen LogP contribution in [0, 0.1) is 5.92 Å².